The van der Waals surface area contributed by atoms with Gasteiger partial charge in [-0.2, -0.15) is 0 Å². The molecule has 92 valence electrons. The molecular weight excluding hydrogens is 237 g/mol. The third kappa shape index (κ3) is 2.79. The van der Waals surface area contributed by atoms with Gasteiger partial charge in [0.25, 0.3) is 0 Å². The van der Waals surface area contributed by atoms with Crippen LogP contribution in [-0.2, 0) is 6.54 Å². The molecule has 18 heavy (non-hydrogen) atoms. The average molecular weight is 247 g/mol. The van der Waals surface area contributed by atoms with Crippen molar-refractivity contribution in [2.45, 2.75) is 6.54 Å². The number of carboxylic acid groups (broad SMARTS) is 1. The topological polar surface area (TPSA) is 75.1 Å². The fourth-order valence-electron chi connectivity index (χ4n) is 1.43. The second kappa shape index (κ2) is 5.22. The first-order chi connectivity index (χ1) is 8.66. The summed E-state index contributed by atoms with van der Waals surface area (Å²) in [5.41, 5.74) is 0.733. The van der Waals surface area contributed by atoms with E-state index in [0.717, 1.165) is 17.8 Å². The maximum atomic E-state index is 12.9. The maximum Gasteiger partial charge on any atom is 0.339 e. The van der Waals surface area contributed by atoms with E-state index in [9.17, 15) is 9.18 Å². The van der Waals surface area contributed by atoms with Crippen LogP contribution in [0.25, 0.3) is 0 Å². The van der Waals surface area contributed by atoms with Gasteiger partial charge in [0, 0.05) is 18.9 Å². The fraction of sp³-hybridized carbons (Fsp3) is 0.0833. The lowest BCUT2D eigenvalue weighted by Gasteiger charge is -2.08. The van der Waals surface area contributed by atoms with Crippen molar-refractivity contribution in [3.63, 3.8) is 0 Å². The Morgan fingerprint density at radius 3 is 2.78 bits per heavy atom. The molecule has 0 unspecified atom stereocenters. The summed E-state index contributed by atoms with van der Waals surface area (Å²) in [7, 11) is 0. The molecule has 0 aliphatic rings. The van der Waals surface area contributed by atoms with Crippen LogP contribution in [0.15, 0.2) is 36.8 Å². The van der Waals surface area contributed by atoms with Crippen molar-refractivity contribution < 1.29 is 14.3 Å². The number of hydrogen-bond donors (Lipinski definition) is 2. The largest absolute Gasteiger partial charge is 0.478 e. The average Bonchev–Trinajstić information content (AvgIpc) is 2.38. The number of anilines is 1. The van der Waals surface area contributed by atoms with E-state index in [1.165, 1.54) is 0 Å². The summed E-state index contributed by atoms with van der Waals surface area (Å²) >= 11 is 0. The van der Waals surface area contributed by atoms with Crippen molar-refractivity contribution in [2.75, 3.05) is 5.32 Å². The zero-order chi connectivity index (χ0) is 13.0. The SMILES string of the molecule is O=C(O)c1cc(F)cnc1NCc1ccncc1. The minimum Gasteiger partial charge on any atom is -0.478 e. The third-order valence-electron chi connectivity index (χ3n) is 2.29. The van der Waals surface area contributed by atoms with Gasteiger partial charge in [-0.1, -0.05) is 0 Å². The zero-order valence-electron chi connectivity index (χ0n) is 9.30. The highest BCUT2D eigenvalue weighted by Crippen LogP contribution is 2.14. The third-order valence-corrected chi connectivity index (χ3v) is 2.29. The minimum absolute atomic E-state index is 0.140. The van der Waals surface area contributed by atoms with E-state index in [2.05, 4.69) is 15.3 Å². The Bertz CT molecular complexity index is 561. The van der Waals surface area contributed by atoms with Crippen LogP contribution >= 0.6 is 0 Å². The summed E-state index contributed by atoms with van der Waals surface area (Å²) < 4.78 is 12.9. The molecule has 0 aliphatic carbocycles. The molecular formula is C12H10FN3O2. The van der Waals surface area contributed by atoms with Crippen molar-refractivity contribution in [3.8, 4) is 0 Å². The summed E-state index contributed by atoms with van der Waals surface area (Å²) in [5, 5.41) is 11.8. The first kappa shape index (κ1) is 12.0. The number of carbonyl (C=O) groups is 1. The highest BCUT2D eigenvalue weighted by molar-refractivity contribution is 5.93. The van der Waals surface area contributed by atoms with Crippen LogP contribution in [0.2, 0.25) is 0 Å². The maximum absolute atomic E-state index is 12.9. The summed E-state index contributed by atoms with van der Waals surface area (Å²) in [4.78, 5) is 18.5. The highest BCUT2D eigenvalue weighted by Gasteiger charge is 2.12. The summed E-state index contributed by atoms with van der Waals surface area (Å²) in [6.45, 7) is 0.390. The summed E-state index contributed by atoms with van der Waals surface area (Å²) in [6.07, 6.45) is 4.24. The van der Waals surface area contributed by atoms with Crippen LogP contribution < -0.4 is 5.32 Å². The van der Waals surface area contributed by atoms with Gasteiger partial charge in [-0.15, -0.1) is 0 Å². The van der Waals surface area contributed by atoms with Gasteiger partial charge < -0.3 is 10.4 Å². The van der Waals surface area contributed by atoms with E-state index in [1.54, 1.807) is 24.5 Å². The highest BCUT2D eigenvalue weighted by atomic mass is 19.1. The van der Waals surface area contributed by atoms with Gasteiger partial charge >= 0.3 is 5.97 Å². The van der Waals surface area contributed by atoms with Crippen LogP contribution in [-0.4, -0.2) is 21.0 Å². The summed E-state index contributed by atoms with van der Waals surface area (Å²) in [6, 6.07) is 4.51. The van der Waals surface area contributed by atoms with E-state index >= 15 is 0 Å². The number of pyridine rings is 2. The quantitative estimate of drug-likeness (QED) is 0.863. The van der Waals surface area contributed by atoms with Gasteiger partial charge in [-0.3, -0.25) is 4.98 Å². The number of hydrogen-bond acceptors (Lipinski definition) is 4. The van der Waals surface area contributed by atoms with Crippen LogP contribution in [0.1, 0.15) is 15.9 Å². The second-order valence-corrected chi connectivity index (χ2v) is 3.56. The molecule has 0 aromatic carbocycles. The molecule has 0 bridgehead atoms. The number of aromatic carboxylic acids is 1. The van der Waals surface area contributed by atoms with Crippen LogP contribution in [0.5, 0.6) is 0 Å². The van der Waals surface area contributed by atoms with E-state index in [-0.39, 0.29) is 11.4 Å². The fourth-order valence-corrected chi connectivity index (χ4v) is 1.43. The standard InChI is InChI=1S/C12H10FN3O2/c13-9-5-10(12(17)18)11(16-7-9)15-6-8-1-3-14-4-2-8/h1-5,7H,6H2,(H,15,16)(H,17,18). The van der Waals surface area contributed by atoms with Crippen LogP contribution in [0.3, 0.4) is 0 Å². The Morgan fingerprint density at radius 1 is 1.39 bits per heavy atom. The molecule has 6 heteroatoms. The second-order valence-electron chi connectivity index (χ2n) is 3.56. The first-order valence-corrected chi connectivity index (χ1v) is 5.18. The predicted octanol–water partition coefficient (Wildman–Crippen LogP) is 1.93. The lowest BCUT2D eigenvalue weighted by Crippen LogP contribution is -2.09. The molecule has 2 rings (SSSR count). The van der Waals surface area contributed by atoms with Crippen molar-refractivity contribution in [2.24, 2.45) is 0 Å². The van der Waals surface area contributed by atoms with Gasteiger partial charge in [0.05, 0.1) is 6.20 Å². The molecule has 0 atom stereocenters. The molecule has 5 nitrogen and oxygen atoms in total. The monoisotopic (exact) mass is 247 g/mol. The van der Waals surface area contributed by atoms with Crippen molar-refractivity contribution >= 4 is 11.8 Å². The molecule has 2 N–H and O–H groups in total. The number of aromatic nitrogens is 2. The van der Waals surface area contributed by atoms with Crippen LogP contribution in [0, 0.1) is 5.82 Å². The molecule has 0 saturated heterocycles. The molecule has 2 aromatic rings. The first-order valence-electron chi connectivity index (χ1n) is 5.18. The Morgan fingerprint density at radius 2 is 2.11 bits per heavy atom. The van der Waals surface area contributed by atoms with E-state index in [4.69, 9.17) is 5.11 Å². The van der Waals surface area contributed by atoms with Gasteiger partial charge in [-0.25, -0.2) is 14.2 Å². The lowest BCUT2D eigenvalue weighted by molar-refractivity contribution is 0.0697. The molecule has 2 aromatic heterocycles. The Balaban J connectivity index is 2.17. The molecule has 0 spiro atoms. The van der Waals surface area contributed by atoms with Gasteiger partial charge in [0.1, 0.15) is 17.2 Å². The zero-order valence-corrected chi connectivity index (χ0v) is 9.30. The smallest absolute Gasteiger partial charge is 0.339 e. The molecule has 0 radical (unpaired) electrons. The minimum atomic E-state index is -1.22. The predicted molar refractivity (Wildman–Crippen MR) is 62.7 cm³/mol. The number of carboxylic acids is 1. The number of halogens is 1. The van der Waals surface area contributed by atoms with Gasteiger partial charge in [0.2, 0.25) is 0 Å². The normalized spacial score (nSPS) is 10.1. The Kier molecular flexibility index (Phi) is 3.47. The van der Waals surface area contributed by atoms with Gasteiger partial charge in [0.15, 0.2) is 0 Å². The Labute approximate surface area is 102 Å². The van der Waals surface area contributed by atoms with Crippen molar-refractivity contribution in [3.05, 3.63) is 53.7 Å². The molecule has 0 fully saturated rings. The van der Waals surface area contributed by atoms with E-state index in [0.29, 0.717) is 6.54 Å². The Hall–Kier alpha value is -2.50. The number of rotatable bonds is 4. The van der Waals surface area contributed by atoms with Crippen molar-refractivity contribution in [1.29, 1.82) is 0 Å². The molecule has 2 heterocycles. The van der Waals surface area contributed by atoms with Crippen LogP contribution in [0.4, 0.5) is 10.2 Å². The summed E-state index contributed by atoms with van der Waals surface area (Å²) in [5.74, 6) is -1.76. The van der Waals surface area contributed by atoms with Gasteiger partial charge in [-0.05, 0) is 23.8 Å². The van der Waals surface area contributed by atoms with Crippen molar-refractivity contribution in [1.82, 2.24) is 9.97 Å². The number of nitrogens with one attached hydrogen (secondary N) is 1. The number of nitrogens with zero attached hydrogens (tertiary/aromatic N) is 2. The molecule has 0 amide bonds. The lowest BCUT2D eigenvalue weighted by atomic mass is 10.2. The molecule has 0 aliphatic heterocycles. The molecule has 0 saturated carbocycles. The van der Waals surface area contributed by atoms with E-state index < -0.39 is 11.8 Å². The van der Waals surface area contributed by atoms with E-state index in [1.807, 2.05) is 0 Å².